The number of azo groups is 2. The smallest absolute Gasteiger partial charge is 0.296 e. The van der Waals surface area contributed by atoms with Crippen molar-refractivity contribution in [1.82, 2.24) is 0 Å². The molecule has 0 heterocycles. The highest BCUT2D eigenvalue weighted by Gasteiger charge is 2.26. The Labute approximate surface area is 279 Å². The Balaban J connectivity index is 1.85. The molecular formula is C28H28N6O12S3. The van der Waals surface area contributed by atoms with Crippen molar-refractivity contribution in [2.75, 3.05) is 11.9 Å². The Morgan fingerprint density at radius 2 is 1.35 bits per heavy atom. The number of amides is 1. The van der Waals surface area contributed by atoms with Gasteiger partial charge in [0.25, 0.3) is 30.4 Å². The second kappa shape index (κ2) is 13.5. The number of fused-ring (bicyclic) bond motifs is 1. The van der Waals surface area contributed by atoms with Crippen LogP contribution in [0.4, 0.5) is 28.4 Å². The summed E-state index contributed by atoms with van der Waals surface area (Å²) in [4.78, 5) is 9.49. The van der Waals surface area contributed by atoms with E-state index in [9.17, 15) is 53.9 Å². The number of benzene rings is 4. The van der Waals surface area contributed by atoms with Gasteiger partial charge in [-0.2, -0.15) is 30.4 Å². The highest BCUT2D eigenvalue weighted by molar-refractivity contribution is 7.86. The molecule has 49 heavy (non-hydrogen) atoms. The maximum atomic E-state index is 12.3. The molecule has 4 aromatic carbocycles. The fourth-order valence-corrected chi connectivity index (χ4v) is 6.57. The van der Waals surface area contributed by atoms with Crippen LogP contribution >= 0.6 is 0 Å². The van der Waals surface area contributed by atoms with Gasteiger partial charge in [0.05, 0.1) is 16.3 Å². The van der Waals surface area contributed by atoms with Gasteiger partial charge in [-0.15, -0.1) is 15.3 Å². The van der Waals surface area contributed by atoms with Crippen molar-refractivity contribution in [3.63, 3.8) is 0 Å². The molecule has 0 unspecified atom stereocenters. The van der Waals surface area contributed by atoms with Crippen LogP contribution in [0.2, 0.25) is 0 Å². The van der Waals surface area contributed by atoms with Gasteiger partial charge in [0, 0.05) is 18.4 Å². The second-order valence-corrected chi connectivity index (χ2v) is 14.8. The number of nitrogens with zero attached hydrogens (tertiary/aromatic N) is 4. The summed E-state index contributed by atoms with van der Waals surface area (Å²) in [5.74, 6) is -2.32. The van der Waals surface area contributed by atoms with Crippen molar-refractivity contribution in [2.24, 2.45) is 26.2 Å². The van der Waals surface area contributed by atoms with Crippen LogP contribution in [0, 0.1) is 13.8 Å². The minimum atomic E-state index is -5.19. The largest absolute Gasteiger partial charge is 0.506 e. The van der Waals surface area contributed by atoms with Gasteiger partial charge in [-0.25, -0.2) is 0 Å². The Bertz CT molecular complexity index is 2430. The molecule has 1 amide bonds. The molecule has 0 aromatic heterocycles. The molecule has 18 nitrogen and oxygen atoms in total. The lowest BCUT2D eigenvalue weighted by Crippen LogP contribution is -2.08. The number of aryl methyl sites for hydroxylation is 2. The van der Waals surface area contributed by atoms with E-state index in [1.165, 1.54) is 25.1 Å². The summed E-state index contributed by atoms with van der Waals surface area (Å²) in [7, 11) is -14.8. The van der Waals surface area contributed by atoms with E-state index in [0.717, 1.165) is 31.2 Å². The molecule has 0 bridgehead atoms. The Morgan fingerprint density at radius 1 is 0.735 bits per heavy atom. The number of carbonyl (C=O) groups is 1. The van der Waals surface area contributed by atoms with Gasteiger partial charge in [-0.05, 0) is 85.3 Å². The molecule has 0 saturated carbocycles. The van der Waals surface area contributed by atoms with Gasteiger partial charge in [-0.1, -0.05) is 0 Å². The lowest BCUT2D eigenvalue weighted by Gasteiger charge is -2.14. The summed E-state index contributed by atoms with van der Waals surface area (Å²) in [5, 5.41) is 38.8. The average molecular weight is 737 g/mol. The number of hydrogen-bond acceptors (Lipinski definition) is 14. The third-order valence-corrected chi connectivity index (χ3v) is 9.52. The molecule has 0 fully saturated rings. The standard InChI is InChI=1S/C28H28N6O12S3/c1-13-7-24(48(41,42)43)21(9-16(13)4-5-29)33-31-19-12-23(36)20(6-14(19)2)32-34-27-25(49(44,45)46)10-17-8-18(47(38,39)40)11-22(30-15(3)35)26(17)28(27)37/h6-12,36-37H,4-5,29H2,1-3H3,(H,30,35)(H,38,39,40)(H,41,42,43)(H,44,45,46). The van der Waals surface area contributed by atoms with Crippen molar-refractivity contribution >= 4 is 75.5 Å². The number of carbonyl (C=O) groups excluding carboxylic acids is 1. The summed E-state index contributed by atoms with van der Waals surface area (Å²) in [6.07, 6.45) is 0.381. The molecule has 0 atom stereocenters. The predicted molar refractivity (Wildman–Crippen MR) is 174 cm³/mol. The molecule has 0 radical (unpaired) electrons. The van der Waals surface area contributed by atoms with Crippen LogP contribution < -0.4 is 11.1 Å². The number of anilines is 1. The fourth-order valence-electron chi connectivity index (χ4n) is 4.68. The first-order valence-electron chi connectivity index (χ1n) is 13.7. The summed E-state index contributed by atoms with van der Waals surface area (Å²) in [5.41, 5.74) is 5.37. The SMILES string of the molecule is CC(=O)Nc1cc(S(=O)(=O)O)cc2cc(S(=O)(=O)O)c(N=Nc3cc(C)c(N=Nc4cc(CCN)c(C)cc4S(=O)(=O)O)cc3O)c(O)c12. The molecule has 260 valence electrons. The van der Waals surface area contributed by atoms with E-state index in [2.05, 4.69) is 25.8 Å². The van der Waals surface area contributed by atoms with E-state index >= 15 is 0 Å². The molecule has 4 aromatic rings. The molecule has 8 N–H and O–H groups in total. The van der Waals surface area contributed by atoms with Crippen molar-refractivity contribution in [3.05, 3.63) is 59.2 Å². The zero-order valence-electron chi connectivity index (χ0n) is 25.6. The lowest BCUT2D eigenvalue weighted by molar-refractivity contribution is -0.114. The average Bonchev–Trinajstić information content (AvgIpc) is 2.96. The van der Waals surface area contributed by atoms with Crippen LogP contribution in [0.25, 0.3) is 10.8 Å². The summed E-state index contributed by atoms with van der Waals surface area (Å²) >= 11 is 0. The van der Waals surface area contributed by atoms with E-state index in [1.54, 1.807) is 6.92 Å². The Morgan fingerprint density at radius 3 is 1.92 bits per heavy atom. The van der Waals surface area contributed by atoms with Gasteiger partial charge < -0.3 is 21.3 Å². The number of rotatable bonds is 10. The molecule has 4 rings (SSSR count). The second-order valence-electron chi connectivity index (χ2n) is 10.6. The molecule has 0 aliphatic heterocycles. The van der Waals surface area contributed by atoms with Gasteiger partial charge in [0.2, 0.25) is 5.91 Å². The van der Waals surface area contributed by atoms with Crippen molar-refractivity contribution in [1.29, 1.82) is 0 Å². The minimum absolute atomic E-state index is 0.0143. The fraction of sp³-hybridized carbons (Fsp3) is 0.179. The number of aromatic hydroxyl groups is 2. The highest BCUT2D eigenvalue weighted by Crippen LogP contribution is 2.46. The van der Waals surface area contributed by atoms with Crippen LogP contribution in [0.1, 0.15) is 23.6 Å². The molecule has 0 spiro atoms. The van der Waals surface area contributed by atoms with E-state index in [-0.39, 0.29) is 45.6 Å². The number of phenolic OH excluding ortho intramolecular Hbond substituents is 2. The first-order chi connectivity index (χ1) is 22.6. The molecular weight excluding hydrogens is 709 g/mol. The normalized spacial score (nSPS) is 12.7. The first kappa shape index (κ1) is 36.9. The summed E-state index contributed by atoms with van der Waals surface area (Å²) in [6, 6.07) is 7.20. The number of phenols is 2. The van der Waals surface area contributed by atoms with Crippen LogP contribution in [-0.4, -0.2) is 61.6 Å². The van der Waals surface area contributed by atoms with Gasteiger partial charge in [-0.3, -0.25) is 18.5 Å². The molecule has 0 saturated heterocycles. The van der Waals surface area contributed by atoms with Crippen LogP contribution in [0.5, 0.6) is 11.5 Å². The third-order valence-electron chi connectivity index (χ3n) is 6.94. The quantitative estimate of drug-likeness (QED) is 0.0843. The molecule has 0 aliphatic carbocycles. The van der Waals surface area contributed by atoms with Crippen molar-refractivity contribution in [3.8, 4) is 11.5 Å². The van der Waals surface area contributed by atoms with E-state index in [4.69, 9.17) is 5.73 Å². The van der Waals surface area contributed by atoms with Crippen molar-refractivity contribution < 1.29 is 53.9 Å². The maximum absolute atomic E-state index is 12.3. The van der Waals surface area contributed by atoms with Crippen LogP contribution in [-0.2, 0) is 41.6 Å². The number of hydrogen-bond donors (Lipinski definition) is 7. The topological polar surface area (TPSA) is 308 Å². The van der Waals surface area contributed by atoms with Gasteiger partial charge in [0.15, 0.2) is 5.75 Å². The predicted octanol–water partition coefficient (Wildman–Crippen LogP) is 4.90. The summed E-state index contributed by atoms with van der Waals surface area (Å²) < 4.78 is 101. The molecule has 21 heteroatoms. The molecule has 0 aliphatic rings. The van der Waals surface area contributed by atoms with Crippen molar-refractivity contribution in [2.45, 2.75) is 41.9 Å². The number of nitrogens with one attached hydrogen (secondary N) is 1. The van der Waals surface area contributed by atoms with Gasteiger partial charge >= 0.3 is 0 Å². The minimum Gasteiger partial charge on any atom is -0.506 e. The van der Waals surface area contributed by atoms with Crippen LogP contribution in [0.15, 0.2) is 77.6 Å². The summed E-state index contributed by atoms with van der Waals surface area (Å²) in [6.45, 7) is 4.43. The third kappa shape index (κ3) is 8.22. The van der Waals surface area contributed by atoms with Crippen LogP contribution in [0.3, 0.4) is 0 Å². The first-order valence-corrected chi connectivity index (χ1v) is 18.0. The van der Waals surface area contributed by atoms with E-state index < -0.39 is 68.1 Å². The van der Waals surface area contributed by atoms with Gasteiger partial charge in [0.1, 0.15) is 32.6 Å². The number of nitrogens with two attached hydrogens (primary N) is 1. The maximum Gasteiger partial charge on any atom is 0.296 e. The zero-order valence-corrected chi connectivity index (χ0v) is 28.1. The van der Waals surface area contributed by atoms with E-state index in [1.807, 2.05) is 0 Å². The van der Waals surface area contributed by atoms with E-state index in [0.29, 0.717) is 17.5 Å². The Hall–Kier alpha value is -4.90. The lowest BCUT2D eigenvalue weighted by atomic mass is 10.1. The zero-order chi connectivity index (χ0) is 36.6. The Kier molecular flexibility index (Phi) is 10.2. The monoisotopic (exact) mass is 736 g/mol. The highest BCUT2D eigenvalue weighted by atomic mass is 32.2.